The van der Waals surface area contributed by atoms with Crippen LogP contribution in [0.2, 0.25) is 0 Å². The first-order chi connectivity index (χ1) is 14.5. The molecule has 4 nitrogen and oxygen atoms in total. The van der Waals surface area contributed by atoms with Gasteiger partial charge in [0.15, 0.2) is 0 Å². The van der Waals surface area contributed by atoms with E-state index in [2.05, 4.69) is 4.99 Å². The lowest BCUT2D eigenvalue weighted by molar-refractivity contribution is -0.0904. The molecule has 31 heavy (non-hydrogen) atoms. The average Bonchev–Trinajstić information content (AvgIpc) is 2.66. The molecule has 1 N–H and O–H groups in total. The Balaban J connectivity index is 2.48. The van der Waals surface area contributed by atoms with E-state index >= 15 is 0 Å². The number of anilines is 1. The Morgan fingerprint density at radius 3 is 2.00 bits per heavy atom. The molecule has 0 aliphatic carbocycles. The normalized spacial score (nSPS) is 13.2. The molecule has 0 aliphatic rings. The summed E-state index contributed by atoms with van der Waals surface area (Å²) in [6.07, 6.45) is -10.3. The highest BCUT2D eigenvalue weighted by molar-refractivity contribution is 6.02. The van der Waals surface area contributed by atoms with E-state index < -0.39 is 23.8 Å². The van der Waals surface area contributed by atoms with Gasteiger partial charge in [-0.2, -0.15) is 26.3 Å². The van der Waals surface area contributed by atoms with Crippen LogP contribution in [0.4, 0.5) is 37.7 Å². The van der Waals surface area contributed by atoms with E-state index in [9.17, 15) is 26.3 Å². The predicted octanol–water partition coefficient (Wildman–Crippen LogP) is 6.68. The van der Waals surface area contributed by atoms with Gasteiger partial charge in [-0.3, -0.25) is 0 Å². The number of halogens is 6. The molecule has 10 heteroatoms. The minimum Gasteiger partial charge on any atom is -0.494 e. The summed E-state index contributed by atoms with van der Waals surface area (Å²) in [6.45, 7) is 3.91. The molecule has 0 aliphatic heterocycles. The van der Waals surface area contributed by atoms with Crippen molar-refractivity contribution >= 4 is 17.1 Å². The van der Waals surface area contributed by atoms with Gasteiger partial charge >= 0.3 is 12.4 Å². The fourth-order valence-electron chi connectivity index (χ4n) is 2.44. The van der Waals surface area contributed by atoms with Gasteiger partial charge in [-0.1, -0.05) is 12.1 Å². The van der Waals surface area contributed by atoms with Gasteiger partial charge in [0.1, 0.15) is 22.9 Å². The summed E-state index contributed by atoms with van der Waals surface area (Å²) in [5.74, 6) is 0.516. The number of hydrogen-bond acceptors (Lipinski definition) is 4. The molecule has 0 heterocycles. The molecule has 0 saturated carbocycles. The molecule has 2 aromatic carbocycles. The highest BCUT2D eigenvalue weighted by atomic mass is 19.4. The number of allylic oxidation sites excluding steroid dienone is 2. The summed E-state index contributed by atoms with van der Waals surface area (Å²) in [7, 11) is 0. The zero-order valence-electron chi connectivity index (χ0n) is 16.6. The van der Waals surface area contributed by atoms with Crippen LogP contribution in [-0.4, -0.2) is 31.3 Å². The van der Waals surface area contributed by atoms with Crippen LogP contribution in [0.15, 0.2) is 65.3 Å². The van der Waals surface area contributed by atoms with Gasteiger partial charge in [0.05, 0.1) is 18.9 Å². The lowest BCUT2D eigenvalue weighted by atomic mass is 10.2. The third-order valence-electron chi connectivity index (χ3n) is 3.68. The van der Waals surface area contributed by atoms with E-state index in [0.717, 1.165) is 0 Å². The maximum Gasteiger partial charge on any atom is 0.433 e. The molecular weight excluding hydrogens is 426 g/mol. The molecule has 0 fully saturated rings. The predicted molar refractivity (Wildman–Crippen MR) is 106 cm³/mol. The van der Waals surface area contributed by atoms with Crippen molar-refractivity contribution in [1.29, 1.82) is 0 Å². The zero-order valence-corrected chi connectivity index (χ0v) is 16.6. The van der Waals surface area contributed by atoms with Crippen molar-refractivity contribution in [3.05, 3.63) is 60.3 Å². The Morgan fingerprint density at radius 2 is 1.45 bits per heavy atom. The summed E-state index contributed by atoms with van der Waals surface area (Å²) in [5.41, 5.74) is -3.64. The van der Waals surface area contributed by atoms with Crippen LogP contribution in [0.5, 0.6) is 11.5 Å². The summed E-state index contributed by atoms with van der Waals surface area (Å²) in [5, 5.41) is 1.99. The van der Waals surface area contributed by atoms with Crippen molar-refractivity contribution in [2.45, 2.75) is 26.2 Å². The summed E-state index contributed by atoms with van der Waals surface area (Å²) in [6, 6.07) is 10.8. The Bertz CT molecular complexity index is 936. The average molecular weight is 446 g/mol. The van der Waals surface area contributed by atoms with Crippen molar-refractivity contribution in [2.24, 2.45) is 4.99 Å². The Kier molecular flexibility index (Phi) is 7.95. The van der Waals surface area contributed by atoms with E-state index in [0.29, 0.717) is 0 Å². The number of alkyl halides is 6. The van der Waals surface area contributed by atoms with Crippen molar-refractivity contribution in [3.8, 4) is 11.5 Å². The second kappa shape index (κ2) is 10.2. The van der Waals surface area contributed by atoms with Gasteiger partial charge < -0.3 is 14.8 Å². The summed E-state index contributed by atoms with van der Waals surface area (Å²) in [4.78, 5) is 3.39. The molecule has 0 radical (unpaired) electrons. The topological polar surface area (TPSA) is 42.8 Å². The fourth-order valence-corrected chi connectivity index (χ4v) is 2.44. The standard InChI is InChI=1S/C21H20F6N2O2/c1-3-30-16-9-5-7-14(11-16)28-18(20(22,23)24)13-19(21(25,26)27)29-15-8-6-10-17(12-15)31-4-2/h5-13,28H,3-4H2,1-2H3/b18-13-,29-19?. The SMILES string of the molecule is CCOc1cccc(N=C(/C=C(\Nc2cccc(OCC)c2)C(F)(F)F)C(F)(F)F)c1. The van der Waals surface area contributed by atoms with Gasteiger partial charge in [-0.25, -0.2) is 4.99 Å². The van der Waals surface area contributed by atoms with E-state index in [4.69, 9.17) is 9.47 Å². The number of nitrogens with one attached hydrogen (secondary N) is 1. The smallest absolute Gasteiger partial charge is 0.433 e. The molecule has 0 saturated heterocycles. The Hall–Kier alpha value is -3.17. The van der Waals surface area contributed by atoms with Gasteiger partial charge in [-0.05, 0) is 44.2 Å². The molecule has 0 atom stereocenters. The third-order valence-corrected chi connectivity index (χ3v) is 3.68. The maximum atomic E-state index is 13.5. The molecule has 0 bridgehead atoms. The van der Waals surface area contributed by atoms with Gasteiger partial charge in [-0.15, -0.1) is 0 Å². The number of benzene rings is 2. The number of ether oxygens (including phenoxy) is 2. The van der Waals surface area contributed by atoms with E-state index in [-0.39, 0.29) is 42.2 Å². The van der Waals surface area contributed by atoms with Gasteiger partial charge in [0, 0.05) is 17.8 Å². The Morgan fingerprint density at radius 1 is 0.871 bits per heavy atom. The quantitative estimate of drug-likeness (QED) is 0.364. The van der Waals surface area contributed by atoms with Gasteiger partial charge in [0.2, 0.25) is 0 Å². The summed E-state index contributed by atoms with van der Waals surface area (Å²) < 4.78 is 91.4. The van der Waals surface area contributed by atoms with Crippen LogP contribution in [0.3, 0.4) is 0 Å². The number of nitrogens with zero attached hydrogens (tertiary/aromatic N) is 1. The second-order valence-corrected chi connectivity index (χ2v) is 6.07. The second-order valence-electron chi connectivity index (χ2n) is 6.07. The number of aliphatic imine (C=N–C) groups is 1. The van der Waals surface area contributed by atoms with Crippen LogP contribution in [0.1, 0.15) is 13.8 Å². The Labute approximate surface area is 175 Å². The van der Waals surface area contributed by atoms with Crippen LogP contribution in [0, 0.1) is 0 Å². The molecule has 0 unspecified atom stereocenters. The maximum absolute atomic E-state index is 13.5. The molecule has 0 aromatic heterocycles. The molecular formula is C21H20F6N2O2. The molecule has 0 spiro atoms. The molecule has 168 valence electrons. The van der Waals surface area contributed by atoms with E-state index in [1.165, 1.54) is 48.5 Å². The molecule has 0 amide bonds. The number of rotatable bonds is 8. The van der Waals surface area contributed by atoms with Crippen LogP contribution in [0.25, 0.3) is 0 Å². The van der Waals surface area contributed by atoms with Crippen molar-refractivity contribution in [1.82, 2.24) is 0 Å². The highest BCUT2D eigenvalue weighted by Crippen LogP contribution is 2.31. The minimum atomic E-state index is -5.13. The van der Waals surface area contributed by atoms with Crippen molar-refractivity contribution in [2.75, 3.05) is 18.5 Å². The monoisotopic (exact) mass is 446 g/mol. The first-order valence-corrected chi connectivity index (χ1v) is 9.20. The lowest BCUT2D eigenvalue weighted by Gasteiger charge is -2.17. The summed E-state index contributed by atoms with van der Waals surface area (Å²) >= 11 is 0. The van der Waals surface area contributed by atoms with E-state index in [1.54, 1.807) is 13.8 Å². The highest BCUT2D eigenvalue weighted by Gasteiger charge is 2.40. The van der Waals surface area contributed by atoms with Crippen molar-refractivity contribution in [3.63, 3.8) is 0 Å². The zero-order chi connectivity index (χ0) is 23.1. The van der Waals surface area contributed by atoms with Crippen LogP contribution in [-0.2, 0) is 0 Å². The van der Waals surface area contributed by atoms with Gasteiger partial charge in [0.25, 0.3) is 0 Å². The van der Waals surface area contributed by atoms with Crippen LogP contribution < -0.4 is 14.8 Å². The van der Waals surface area contributed by atoms with Crippen molar-refractivity contribution < 1.29 is 35.8 Å². The molecule has 2 aromatic rings. The lowest BCUT2D eigenvalue weighted by Crippen LogP contribution is -2.26. The molecule has 2 rings (SSSR count). The number of hydrogen-bond donors (Lipinski definition) is 1. The first-order valence-electron chi connectivity index (χ1n) is 9.20. The largest absolute Gasteiger partial charge is 0.494 e. The minimum absolute atomic E-state index is 0.0687. The van der Waals surface area contributed by atoms with E-state index in [1.807, 2.05) is 5.32 Å². The third kappa shape index (κ3) is 7.54. The first kappa shape index (κ1) is 24.1. The van der Waals surface area contributed by atoms with Crippen LogP contribution >= 0.6 is 0 Å². The fraction of sp³-hybridized carbons (Fsp3) is 0.286.